The second-order valence-electron chi connectivity index (χ2n) is 9.58. The highest BCUT2D eigenvalue weighted by molar-refractivity contribution is 5.80. The summed E-state index contributed by atoms with van der Waals surface area (Å²) in [5, 5.41) is 6.57. The molecule has 8 heteroatoms. The smallest absolute Gasteiger partial charge is 0.407 e. The number of alkyl carbamates (subject to hydrolysis) is 1. The first-order valence-electron chi connectivity index (χ1n) is 11.6. The number of carbonyl (C=O) groups excluding carboxylic acids is 1. The third kappa shape index (κ3) is 7.10. The number of carbonyl (C=O) groups is 1. The Morgan fingerprint density at radius 2 is 1.91 bits per heavy atom. The normalized spacial score (nSPS) is 21.3. The van der Waals surface area contributed by atoms with Gasteiger partial charge in [0.2, 0.25) is 0 Å². The van der Waals surface area contributed by atoms with E-state index in [1.807, 2.05) is 27.8 Å². The molecule has 0 aromatic heterocycles. The van der Waals surface area contributed by atoms with Crippen molar-refractivity contribution in [3.8, 4) is 0 Å². The molecule has 0 spiro atoms. The van der Waals surface area contributed by atoms with Gasteiger partial charge in [0.25, 0.3) is 0 Å². The van der Waals surface area contributed by atoms with Crippen molar-refractivity contribution >= 4 is 12.1 Å². The number of hydrogen-bond acceptors (Lipinski definition) is 5. The van der Waals surface area contributed by atoms with Gasteiger partial charge in [-0.05, 0) is 39.7 Å². The van der Waals surface area contributed by atoms with E-state index in [1.54, 1.807) is 0 Å². The van der Waals surface area contributed by atoms with Crippen molar-refractivity contribution < 1.29 is 14.3 Å². The Kier molecular flexibility index (Phi) is 8.37. The Morgan fingerprint density at radius 1 is 1.22 bits per heavy atom. The van der Waals surface area contributed by atoms with Crippen LogP contribution in [0, 0.1) is 6.92 Å². The van der Waals surface area contributed by atoms with Crippen LogP contribution in [0.2, 0.25) is 0 Å². The summed E-state index contributed by atoms with van der Waals surface area (Å²) in [5.74, 6) is 0.865. The fourth-order valence-electron chi connectivity index (χ4n) is 4.20. The molecule has 0 radical (unpaired) electrons. The summed E-state index contributed by atoms with van der Waals surface area (Å²) in [6, 6.07) is 9.08. The molecule has 2 aliphatic heterocycles. The third-order valence-electron chi connectivity index (χ3n) is 5.82. The summed E-state index contributed by atoms with van der Waals surface area (Å²) in [4.78, 5) is 21.3. The van der Waals surface area contributed by atoms with Gasteiger partial charge in [0.05, 0.1) is 25.3 Å². The predicted octanol–water partition coefficient (Wildman–Crippen LogP) is 2.54. The fraction of sp³-hybridized carbons (Fsp3) is 0.667. The largest absolute Gasteiger partial charge is 0.444 e. The number of amides is 1. The van der Waals surface area contributed by atoms with Crippen molar-refractivity contribution in [3.63, 3.8) is 0 Å². The van der Waals surface area contributed by atoms with Gasteiger partial charge in [0.1, 0.15) is 5.60 Å². The fourth-order valence-corrected chi connectivity index (χ4v) is 4.20. The van der Waals surface area contributed by atoms with Gasteiger partial charge in [-0.25, -0.2) is 4.79 Å². The number of nitrogens with one attached hydrogen (secondary N) is 2. The summed E-state index contributed by atoms with van der Waals surface area (Å²) >= 11 is 0. The summed E-state index contributed by atoms with van der Waals surface area (Å²) in [7, 11) is 1.81. The van der Waals surface area contributed by atoms with Crippen LogP contribution in [0.3, 0.4) is 0 Å². The summed E-state index contributed by atoms with van der Waals surface area (Å²) < 4.78 is 11.0. The lowest BCUT2D eigenvalue weighted by Crippen LogP contribution is -2.48. The molecule has 2 N–H and O–H groups in total. The Morgan fingerprint density at radius 3 is 2.53 bits per heavy atom. The number of aryl methyl sites for hydroxylation is 1. The van der Waals surface area contributed by atoms with Crippen LogP contribution in [0.5, 0.6) is 0 Å². The van der Waals surface area contributed by atoms with Crippen molar-refractivity contribution in [1.29, 1.82) is 0 Å². The number of likely N-dealkylation sites (tertiary alicyclic amines) is 1. The Labute approximate surface area is 192 Å². The van der Waals surface area contributed by atoms with E-state index in [-0.39, 0.29) is 18.2 Å². The van der Waals surface area contributed by atoms with E-state index in [9.17, 15) is 4.79 Å². The minimum atomic E-state index is -0.496. The first-order chi connectivity index (χ1) is 15.2. The number of aliphatic imine (C=N–C) groups is 1. The van der Waals surface area contributed by atoms with Crippen LogP contribution < -0.4 is 10.6 Å². The second-order valence-corrected chi connectivity index (χ2v) is 9.58. The molecule has 32 heavy (non-hydrogen) atoms. The molecule has 2 aliphatic rings. The molecular formula is C24H39N5O3. The van der Waals surface area contributed by atoms with E-state index >= 15 is 0 Å². The average Bonchev–Trinajstić information content (AvgIpc) is 3.19. The minimum Gasteiger partial charge on any atom is -0.444 e. The number of nitrogens with zero attached hydrogens (tertiary/aromatic N) is 3. The molecule has 8 nitrogen and oxygen atoms in total. The van der Waals surface area contributed by atoms with Crippen LogP contribution in [-0.4, -0.2) is 86.5 Å². The van der Waals surface area contributed by atoms with Gasteiger partial charge < -0.3 is 25.0 Å². The van der Waals surface area contributed by atoms with Crippen LogP contribution in [0.25, 0.3) is 0 Å². The number of rotatable bonds is 5. The van der Waals surface area contributed by atoms with Crippen LogP contribution >= 0.6 is 0 Å². The quantitative estimate of drug-likeness (QED) is 0.536. The lowest BCUT2D eigenvalue weighted by atomic mass is 10.0. The zero-order valence-electron chi connectivity index (χ0n) is 20.2. The van der Waals surface area contributed by atoms with E-state index in [0.717, 1.165) is 51.8 Å². The number of ether oxygens (including phenoxy) is 2. The molecule has 2 heterocycles. The SMILES string of the molecule is CN=C(NCC(c1ccc(C)cc1)N1CCOCC1)N1CCC(NC(=O)OC(C)(C)C)C1. The lowest BCUT2D eigenvalue weighted by molar-refractivity contribution is 0.0169. The summed E-state index contributed by atoms with van der Waals surface area (Å²) in [5.41, 5.74) is 2.06. The Bertz CT molecular complexity index is 769. The first kappa shape index (κ1) is 24.3. The van der Waals surface area contributed by atoms with Gasteiger partial charge in [0, 0.05) is 39.8 Å². The van der Waals surface area contributed by atoms with Gasteiger partial charge in [-0.3, -0.25) is 9.89 Å². The second kappa shape index (κ2) is 11.0. The molecule has 178 valence electrons. The standard InChI is InChI=1S/C24H39N5O3/c1-18-6-8-19(9-7-18)21(28-12-14-31-15-13-28)16-26-22(25-5)29-11-10-20(17-29)27-23(30)32-24(2,3)4/h6-9,20-21H,10-17H2,1-5H3,(H,25,26)(H,27,30). The summed E-state index contributed by atoms with van der Waals surface area (Å²) in [6.45, 7) is 13.4. The van der Waals surface area contributed by atoms with Crippen molar-refractivity contribution in [2.75, 3.05) is 53.0 Å². The van der Waals surface area contributed by atoms with Crippen LogP contribution in [0.15, 0.2) is 29.3 Å². The number of benzene rings is 1. The molecule has 2 unspecified atom stereocenters. The van der Waals surface area contributed by atoms with E-state index in [2.05, 4.69) is 56.6 Å². The topological polar surface area (TPSA) is 78.4 Å². The molecule has 2 fully saturated rings. The molecule has 3 rings (SSSR count). The van der Waals surface area contributed by atoms with Crippen LogP contribution in [0.1, 0.15) is 44.4 Å². The van der Waals surface area contributed by atoms with E-state index in [0.29, 0.717) is 6.54 Å². The number of guanidine groups is 1. The highest BCUT2D eigenvalue weighted by Gasteiger charge is 2.29. The average molecular weight is 446 g/mol. The summed E-state index contributed by atoms with van der Waals surface area (Å²) in [6.07, 6.45) is 0.504. The third-order valence-corrected chi connectivity index (χ3v) is 5.82. The number of morpholine rings is 1. The predicted molar refractivity (Wildman–Crippen MR) is 127 cm³/mol. The molecule has 1 amide bonds. The maximum Gasteiger partial charge on any atom is 0.407 e. The maximum atomic E-state index is 12.1. The molecule has 0 aliphatic carbocycles. The van der Waals surface area contributed by atoms with Gasteiger partial charge in [-0.1, -0.05) is 29.8 Å². The molecule has 0 saturated carbocycles. The minimum absolute atomic E-state index is 0.0514. The zero-order chi connectivity index (χ0) is 23.1. The van der Waals surface area contributed by atoms with Crippen LogP contribution in [-0.2, 0) is 9.47 Å². The van der Waals surface area contributed by atoms with E-state index in [4.69, 9.17) is 9.47 Å². The molecule has 2 saturated heterocycles. The van der Waals surface area contributed by atoms with Crippen molar-refractivity contribution in [2.24, 2.45) is 4.99 Å². The maximum absolute atomic E-state index is 12.1. The number of hydrogen-bond donors (Lipinski definition) is 2. The van der Waals surface area contributed by atoms with E-state index in [1.165, 1.54) is 11.1 Å². The highest BCUT2D eigenvalue weighted by Crippen LogP contribution is 2.22. The Balaban J connectivity index is 1.58. The van der Waals surface area contributed by atoms with Gasteiger partial charge >= 0.3 is 6.09 Å². The lowest BCUT2D eigenvalue weighted by Gasteiger charge is -2.35. The molecular weight excluding hydrogens is 406 g/mol. The Hall–Kier alpha value is -2.32. The van der Waals surface area contributed by atoms with Crippen molar-refractivity contribution in [3.05, 3.63) is 35.4 Å². The monoisotopic (exact) mass is 445 g/mol. The van der Waals surface area contributed by atoms with Crippen LogP contribution in [0.4, 0.5) is 4.79 Å². The molecule has 1 aromatic carbocycles. The molecule has 2 atom stereocenters. The van der Waals surface area contributed by atoms with Gasteiger partial charge in [0.15, 0.2) is 5.96 Å². The first-order valence-corrected chi connectivity index (χ1v) is 11.6. The van der Waals surface area contributed by atoms with Gasteiger partial charge in [-0.2, -0.15) is 0 Å². The highest BCUT2D eigenvalue weighted by atomic mass is 16.6. The van der Waals surface area contributed by atoms with Gasteiger partial charge in [-0.15, -0.1) is 0 Å². The van der Waals surface area contributed by atoms with Crippen molar-refractivity contribution in [2.45, 2.75) is 51.8 Å². The molecule has 0 bridgehead atoms. The zero-order valence-corrected chi connectivity index (χ0v) is 20.2. The van der Waals surface area contributed by atoms with Crippen molar-refractivity contribution in [1.82, 2.24) is 20.4 Å². The van der Waals surface area contributed by atoms with E-state index < -0.39 is 5.60 Å². The molecule has 1 aromatic rings.